The summed E-state index contributed by atoms with van der Waals surface area (Å²) in [6.07, 6.45) is 3.06. The van der Waals surface area contributed by atoms with Gasteiger partial charge in [0.2, 0.25) is 0 Å². The van der Waals surface area contributed by atoms with Crippen molar-refractivity contribution in [3.8, 4) is 0 Å². The highest BCUT2D eigenvalue weighted by atomic mass is 15.0. The van der Waals surface area contributed by atoms with Gasteiger partial charge in [0.1, 0.15) is 0 Å². The first-order valence-corrected chi connectivity index (χ1v) is 4.10. The number of hydrogen-bond acceptors (Lipinski definition) is 2. The zero-order chi connectivity index (χ0) is 8.91. The predicted molar refractivity (Wildman–Crippen MR) is 51.4 cm³/mol. The second-order valence-electron chi connectivity index (χ2n) is 4.07. The van der Waals surface area contributed by atoms with Crippen molar-refractivity contribution in [1.29, 1.82) is 0 Å². The molecule has 66 valence electrons. The van der Waals surface area contributed by atoms with Gasteiger partial charge < -0.3 is 4.90 Å². The van der Waals surface area contributed by atoms with Gasteiger partial charge in [-0.2, -0.15) is 0 Å². The highest BCUT2D eigenvalue weighted by Gasteiger charge is 2.03. The van der Waals surface area contributed by atoms with Crippen LogP contribution < -0.4 is 0 Å². The Bertz CT molecular complexity index is 120. The minimum absolute atomic E-state index is 0.0896. The van der Waals surface area contributed by atoms with Crippen LogP contribution in [0.4, 0.5) is 0 Å². The first-order valence-electron chi connectivity index (χ1n) is 4.10. The van der Waals surface area contributed by atoms with Gasteiger partial charge in [0.05, 0.1) is 5.54 Å². The first kappa shape index (κ1) is 10.6. The van der Waals surface area contributed by atoms with Crippen LogP contribution in [0.2, 0.25) is 0 Å². The van der Waals surface area contributed by atoms with E-state index >= 15 is 0 Å². The summed E-state index contributed by atoms with van der Waals surface area (Å²) >= 11 is 0. The lowest BCUT2D eigenvalue weighted by molar-refractivity contribution is 0.422. The normalized spacial score (nSPS) is 13.3. The SMILES string of the molecule is CN(C)CCC=NC(C)(C)C. The summed E-state index contributed by atoms with van der Waals surface area (Å²) in [4.78, 5) is 6.54. The maximum atomic E-state index is 4.38. The molecular weight excluding hydrogens is 136 g/mol. The Kier molecular flexibility index (Phi) is 4.34. The van der Waals surface area contributed by atoms with E-state index in [0.29, 0.717) is 0 Å². The number of nitrogens with zero attached hydrogens (tertiary/aromatic N) is 2. The molecule has 0 aliphatic rings. The fourth-order valence-electron chi connectivity index (χ4n) is 0.654. The average molecular weight is 156 g/mol. The molecule has 0 N–H and O–H groups in total. The second kappa shape index (κ2) is 4.50. The van der Waals surface area contributed by atoms with Gasteiger partial charge in [-0.25, -0.2) is 0 Å². The largest absolute Gasteiger partial charge is 0.309 e. The van der Waals surface area contributed by atoms with Gasteiger partial charge in [0, 0.05) is 12.8 Å². The van der Waals surface area contributed by atoms with E-state index in [0.717, 1.165) is 13.0 Å². The molecular formula is C9H20N2. The van der Waals surface area contributed by atoms with E-state index in [-0.39, 0.29) is 5.54 Å². The van der Waals surface area contributed by atoms with Gasteiger partial charge in [0.15, 0.2) is 0 Å². The summed E-state index contributed by atoms with van der Waals surface area (Å²) in [5.41, 5.74) is 0.0896. The molecule has 0 aromatic heterocycles. The Morgan fingerprint density at radius 2 is 1.82 bits per heavy atom. The quantitative estimate of drug-likeness (QED) is 0.569. The van der Waals surface area contributed by atoms with Crippen molar-refractivity contribution in [2.75, 3.05) is 20.6 Å². The van der Waals surface area contributed by atoms with Crippen molar-refractivity contribution in [2.24, 2.45) is 4.99 Å². The van der Waals surface area contributed by atoms with Crippen molar-refractivity contribution in [3.05, 3.63) is 0 Å². The minimum Gasteiger partial charge on any atom is -0.309 e. The molecule has 0 saturated carbocycles. The monoisotopic (exact) mass is 156 g/mol. The van der Waals surface area contributed by atoms with Crippen LogP contribution in [-0.2, 0) is 0 Å². The lowest BCUT2D eigenvalue weighted by Crippen LogP contribution is -2.14. The van der Waals surface area contributed by atoms with Crippen molar-refractivity contribution in [1.82, 2.24) is 4.90 Å². The van der Waals surface area contributed by atoms with Crippen LogP contribution >= 0.6 is 0 Å². The lowest BCUT2D eigenvalue weighted by atomic mass is 10.1. The van der Waals surface area contributed by atoms with Crippen LogP contribution in [0.3, 0.4) is 0 Å². The molecule has 0 fully saturated rings. The molecule has 0 aromatic rings. The summed E-state index contributed by atoms with van der Waals surface area (Å²) in [5, 5.41) is 0. The number of rotatable bonds is 3. The van der Waals surface area contributed by atoms with E-state index in [4.69, 9.17) is 0 Å². The Morgan fingerprint density at radius 1 is 1.27 bits per heavy atom. The van der Waals surface area contributed by atoms with Crippen LogP contribution in [0, 0.1) is 0 Å². The molecule has 0 spiro atoms. The Hall–Kier alpha value is -0.370. The Balaban J connectivity index is 3.46. The number of hydrogen-bond donors (Lipinski definition) is 0. The van der Waals surface area contributed by atoms with E-state index in [1.54, 1.807) is 0 Å². The first-order chi connectivity index (χ1) is 4.92. The second-order valence-corrected chi connectivity index (χ2v) is 4.07. The van der Waals surface area contributed by atoms with Gasteiger partial charge >= 0.3 is 0 Å². The molecule has 0 aliphatic carbocycles. The van der Waals surface area contributed by atoms with Gasteiger partial charge in [-0.15, -0.1) is 0 Å². The zero-order valence-corrected chi connectivity index (χ0v) is 8.39. The molecule has 11 heavy (non-hydrogen) atoms. The van der Waals surface area contributed by atoms with E-state index in [9.17, 15) is 0 Å². The summed E-state index contributed by atoms with van der Waals surface area (Å²) in [6, 6.07) is 0. The van der Waals surface area contributed by atoms with E-state index in [1.165, 1.54) is 0 Å². The third-order valence-electron chi connectivity index (χ3n) is 1.18. The van der Waals surface area contributed by atoms with Gasteiger partial charge in [-0.3, -0.25) is 4.99 Å². The molecule has 0 aliphatic heterocycles. The molecule has 0 rings (SSSR count). The highest BCUT2D eigenvalue weighted by molar-refractivity contribution is 5.57. The fraction of sp³-hybridized carbons (Fsp3) is 0.889. The molecule has 2 nitrogen and oxygen atoms in total. The van der Waals surface area contributed by atoms with Crippen LogP contribution in [0.25, 0.3) is 0 Å². The molecule has 0 saturated heterocycles. The van der Waals surface area contributed by atoms with E-state index in [1.807, 2.05) is 6.21 Å². The number of aliphatic imine (C=N–C) groups is 1. The molecule has 0 radical (unpaired) electrons. The van der Waals surface area contributed by atoms with Crippen LogP contribution in [0.15, 0.2) is 4.99 Å². The average Bonchev–Trinajstić information content (AvgIpc) is 1.78. The molecule has 0 bridgehead atoms. The van der Waals surface area contributed by atoms with E-state index in [2.05, 4.69) is 44.8 Å². The molecule has 2 heteroatoms. The van der Waals surface area contributed by atoms with Gasteiger partial charge in [-0.1, -0.05) is 0 Å². The summed E-state index contributed by atoms with van der Waals surface area (Å²) in [6.45, 7) is 7.41. The molecule has 0 heterocycles. The molecule has 0 amide bonds. The van der Waals surface area contributed by atoms with Crippen LogP contribution in [0.1, 0.15) is 27.2 Å². The predicted octanol–water partition coefficient (Wildman–Crippen LogP) is 1.81. The van der Waals surface area contributed by atoms with Gasteiger partial charge in [-0.05, 0) is 41.3 Å². The van der Waals surface area contributed by atoms with Crippen molar-refractivity contribution in [3.63, 3.8) is 0 Å². The maximum Gasteiger partial charge on any atom is 0.0520 e. The standard InChI is InChI=1S/C9H20N2/c1-9(2,3)10-7-6-8-11(4)5/h7H,6,8H2,1-5H3. The topological polar surface area (TPSA) is 15.6 Å². The van der Waals surface area contributed by atoms with Crippen LogP contribution in [-0.4, -0.2) is 37.3 Å². The molecule has 0 atom stereocenters. The van der Waals surface area contributed by atoms with Crippen molar-refractivity contribution < 1.29 is 0 Å². The maximum absolute atomic E-state index is 4.38. The smallest absolute Gasteiger partial charge is 0.0520 e. The Morgan fingerprint density at radius 3 is 2.18 bits per heavy atom. The third-order valence-corrected chi connectivity index (χ3v) is 1.18. The highest BCUT2D eigenvalue weighted by Crippen LogP contribution is 2.04. The van der Waals surface area contributed by atoms with Crippen molar-refractivity contribution in [2.45, 2.75) is 32.7 Å². The molecule has 0 aromatic carbocycles. The zero-order valence-electron chi connectivity index (χ0n) is 8.39. The summed E-state index contributed by atoms with van der Waals surface area (Å²) in [7, 11) is 4.15. The fourth-order valence-corrected chi connectivity index (χ4v) is 0.654. The Labute approximate surface area is 70.3 Å². The van der Waals surface area contributed by atoms with Crippen LogP contribution in [0.5, 0.6) is 0 Å². The molecule has 0 unspecified atom stereocenters. The van der Waals surface area contributed by atoms with Gasteiger partial charge in [0.25, 0.3) is 0 Å². The lowest BCUT2D eigenvalue weighted by Gasteiger charge is -2.11. The van der Waals surface area contributed by atoms with E-state index < -0.39 is 0 Å². The third kappa shape index (κ3) is 9.63. The minimum atomic E-state index is 0.0896. The van der Waals surface area contributed by atoms with Crippen molar-refractivity contribution >= 4 is 6.21 Å². The summed E-state index contributed by atoms with van der Waals surface area (Å²) < 4.78 is 0. The summed E-state index contributed by atoms with van der Waals surface area (Å²) in [5.74, 6) is 0.